The van der Waals surface area contributed by atoms with Gasteiger partial charge in [0.1, 0.15) is 5.75 Å². The molecule has 0 saturated heterocycles. The molecule has 0 bridgehead atoms. The molecule has 0 fully saturated rings. The van der Waals surface area contributed by atoms with Crippen LogP contribution in [0.3, 0.4) is 0 Å². The molecule has 3 aromatic carbocycles. The first kappa shape index (κ1) is 25.9. The molecule has 38 heavy (non-hydrogen) atoms. The highest BCUT2D eigenvalue weighted by Crippen LogP contribution is 2.29. The first-order valence-corrected chi connectivity index (χ1v) is 11.6. The maximum absolute atomic E-state index is 13.2. The molecule has 194 valence electrons. The number of aromatic hydroxyl groups is 2. The number of nitrogens with one attached hydrogen (secondary N) is 1. The number of anilines is 1. The van der Waals surface area contributed by atoms with Gasteiger partial charge in [-0.3, -0.25) is 0 Å². The second-order valence-electron chi connectivity index (χ2n) is 8.07. The summed E-state index contributed by atoms with van der Waals surface area (Å²) in [5, 5.41) is 27.0. The lowest BCUT2D eigenvalue weighted by Gasteiger charge is -2.10. The van der Waals surface area contributed by atoms with E-state index < -0.39 is 6.03 Å². The van der Waals surface area contributed by atoms with Gasteiger partial charge in [0.05, 0.1) is 38.4 Å². The molecule has 0 unspecified atom stereocenters. The Labute approximate surface area is 219 Å². The molecule has 9 heteroatoms. The number of benzene rings is 3. The van der Waals surface area contributed by atoms with E-state index in [2.05, 4.69) is 10.4 Å². The molecule has 0 atom stereocenters. The number of ether oxygens (including phenoxy) is 3. The van der Waals surface area contributed by atoms with Gasteiger partial charge in [-0.2, -0.15) is 9.78 Å². The Hall–Kier alpha value is -5.18. The fourth-order valence-corrected chi connectivity index (χ4v) is 3.65. The summed E-state index contributed by atoms with van der Waals surface area (Å²) in [6.45, 7) is 0. The lowest BCUT2D eigenvalue weighted by molar-refractivity contribution is 0.250. The molecule has 4 aromatic rings. The number of phenolic OH excluding ortho intramolecular Hbond substituents is 2. The number of aromatic nitrogens is 2. The third kappa shape index (κ3) is 5.96. The number of carbonyl (C=O) groups excluding carboxylic acids is 1. The van der Waals surface area contributed by atoms with E-state index in [1.54, 1.807) is 72.8 Å². The van der Waals surface area contributed by atoms with Crippen LogP contribution in [0.4, 0.5) is 10.5 Å². The summed E-state index contributed by atoms with van der Waals surface area (Å²) in [7, 11) is 4.48. The standard InChI is InChI=1S/C29H27N3O6/c1-36-26-7-5-4-6-23(26)30-29(35)32-22(13-9-20-11-15-25(34)28(17-20)38-3)18-21(31-32)12-8-19-10-14-24(33)27(16-19)37-2/h4-18,33-34H,1-3H3,(H,30,35)/b12-8-,13-9-. The SMILES string of the molecule is COc1cc(/C=C\c2cc(/C=C\c3ccc(O)c(OC)c3)n(C(=O)Nc3ccccc3OC)n2)ccc1O. The first-order chi connectivity index (χ1) is 18.4. The van der Waals surface area contributed by atoms with Crippen molar-refractivity contribution in [2.24, 2.45) is 0 Å². The Kier molecular flexibility index (Phi) is 7.98. The predicted octanol–water partition coefficient (Wildman–Crippen LogP) is 5.74. The summed E-state index contributed by atoms with van der Waals surface area (Å²) in [5.74, 6) is 1.27. The summed E-state index contributed by atoms with van der Waals surface area (Å²) in [4.78, 5) is 13.2. The monoisotopic (exact) mass is 513 g/mol. The van der Waals surface area contributed by atoms with E-state index in [1.807, 2.05) is 6.07 Å². The lowest BCUT2D eigenvalue weighted by atomic mass is 10.1. The van der Waals surface area contributed by atoms with Crippen LogP contribution in [0.25, 0.3) is 24.3 Å². The summed E-state index contributed by atoms with van der Waals surface area (Å²) in [6.07, 6.45) is 7.07. The number of phenols is 2. The Balaban J connectivity index is 1.68. The van der Waals surface area contributed by atoms with Gasteiger partial charge < -0.3 is 29.7 Å². The van der Waals surface area contributed by atoms with Crippen LogP contribution in [0.1, 0.15) is 22.5 Å². The third-order valence-electron chi connectivity index (χ3n) is 5.60. The van der Waals surface area contributed by atoms with Crippen LogP contribution < -0.4 is 19.5 Å². The highest BCUT2D eigenvalue weighted by molar-refractivity contribution is 5.94. The van der Waals surface area contributed by atoms with E-state index in [0.29, 0.717) is 34.3 Å². The number of para-hydroxylation sites is 2. The van der Waals surface area contributed by atoms with Crippen molar-refractivity contribution in [1.82, 2.24) is 9.78 Å². The second-order valence-corrected chi connectivity index (χ2v) is 8.07. The molecule has 1 aromatic heterocycles. The van der Waals surface area contributed by atoms with E-state index in [4.69, 9.17) is 14.2 Å². The molecule has 0 spiro atoms. The summed E-state index contributed by atoms with van der Waals surface area (Å²) in [5.41, 5.74) is 3.07. The van der Waals surface area contributed by atoms with E-state index >= 15 is 0 Å². The molecule has 0 radical (unpaired) electrons. The average molecular weight is 514 g/mol. The molecule has 0 aliphatic rings. The third-order valence-corrected chi connectivity index (χ3v) is 5.60. The molecule has 0 aliphatic carbocycles. The number of nitrogens with zero attached hydrogens (tertiary/aromatic N) is 2. The molecule has 0 aliphatic heterocycles. The van der Waals surface area contributed by atoms with Gasteiger partial charge >= 0.3 is 6.03 Å². The zero-order valence-electron chi connectivity index (χ0n) is 21.1. The maximum Gasteiger partial charge on any atom is 0.347 e. The fraction of sp³-hybridized carbons (Fsp3) is 0.103. The van der Waals surface area contributed by atoms with Gasteiger partial charge in [0, 0.05) is 0 Å². The summed E-state index contributed by atoms with van der Waals surface area (Å²) < 4.78 is 16.9. The van der Waals surface area contributed by atoms with E-state index in [-0.39, 0.29) is 11.5 Å². The van der Waals surface area contributed by atoms with E-state index in [1.165, 1.54) is 38.1 Å². The van der Waals surface area contributed by atoms with Gasteiger partial charge in [-0.15, -0.1) is 0 Å². The van der Waals surface area contributed by atoms with E-state index in [9.17, 15) is 15.0 Å². The van der Waals surface area contributed by atoms with Gasteiger partial charge in [-0.05, 0) is 65.7 Å². The van der Waals surface area contributed by atoms with Crippen molar-refractivity contribution in [2.75, 3.05) is 26.6 Å². The minimum absolute atomic E-state index is 0.0316. The quantitative estimate of drug-likeness (QED) is 0.275. The van der Waals surface area contributed by atoms with E-state index in [0.717, 1.165) is 11.1 Å². The summed E-state index contributed by atoms with van der Waals surface area (Å²) in [6, 6.07) is 18.3. The molecule has 1 amide bonds. The van der Waals surface area contributed by atoms with Crippen LogP contribution in [0.15, 0.2) is 66.7 Å². The van der Waals surface area contributed by atoms with Crippen molar-refractivity contribution in [3.63, 3.8) is 0 Å². The van der Waals surface area contributed by atoms with Crippen LogP contribution >= 0.6 is 0 Å². The molecular formula is C29H27N3O6. The number of carbonyl (C=O) groups is 1. The highest BCUT2D eigenvalue weighted by atomic mass is 16.5. The summed E-state index contributed by atoms with van der Waals surface area (Å²) >= 11 is 0. The van der Waals surface area contributed by atoms with Crippen molar-refractivity contribution in [2.45, 2.75) is 0 Å². The largest absolute Gasteiger partial charge is 0.504 e. The Morgan fingerprint density at radius 3 is 1.95 bits per heavy atom. The highest BCUT2D eigenvalue weighted by Gasteiger charge is 2.14. The Bertz CT molecular complexity index is 1510. The van der Waals surface area contributed by atoms with Gasteiger partial charge in [0.25, 0.3) is 0 Å². The van der Waals surface area contributed by atoms with Crippen molar-refractivity contribution in [3.8, 4) is 28.7 Å². The molecule has 9 nitrogen and oxygen atoms in total. The first-order valence-electron chi connectivity index (χ1n) is 11.6. The fourth-order valence-electron chi connectivity index (χ4n) is 3.65. The minimum Gasteiger partial charge on any atom is -0.504 e. The number of rotatable bonds is 8. The number of amides is 1. The van der Waals surface area contributed by atoms with Gasteiger partial charge in [-0.1, -0.05) is 36.4 Å². The molecule has 1 heterocycles. The predicted molar refractivity (Wildman–Crippen MR) is 147 cm³/mol. The topological polar surface area (TPSA) is 115 Å². The van der Waals surface area contributed by atoms with Crippen LogP contribution in [-0.2, 0) is 0 Å². The zero-order valence-corrected chi connectivity index (χ0v) is 21.1. The lowest BCUT2D eigenvalue weighted by Crippen LogP contribution is -2.22. The number of hydrogen-bond acceptors (Lipinski definition) is 7. The zero-order chi connectivity index (χ0) is 27.1. The molecular weight excluding hydrogens is 486 g/mol. The van der Waals surface area contributed by atoms with Gasteiger partial charge in [0.15, 0.2) is 23.0 Å². The van der Waals surface area contributed by atoms with Crippen molar-refractivity contribution in [3.05, 3.63) is 89.2 Å². The minimum atomic E-state index is -0.483. The van der Waals surface area contributed by atoms with Gasteiger partial charge in [-0.25, -0.2) is 4.79 Å². The van der Waals surface area contributed by atoms with Gasteiger partial charge in [0.2, 0.25) is 0 Å². The molecule has 3 N–H and O–H groups in total. The van der Waals surface area contributed by atoms with Crippen molar-refractivity contribution < 1.29 is 29.2 Å². The van der Waals surface area contributed by atoms with Crippen molar-refractivity contribution >= 4 is 36.0 Å². The molecule has 0 saturated carbocycles. The average Bonchev–Trinajstić information content (AvgIpc) is 3.35. The van der Waals surface area contributed by atoms with Crippen LogP contribution in [0.2, 0.25) is 0 Å². The number of methoxy groups -OCH3 is 3. The number of hydrogen-bond donors (Lipinski definition) is 3. The van der Waals surface area contributed by atoms with Crippen LogP contribution in [0.5, 0.6) is 28.7 Å². The smallest absolute Gasteiger partial charge is 0.347 e. The Morgan fingerprint density at radius 2 is 1.34 bits per heavy atom. The second kappa shape index (κ2) is 11.7. The van der Waals surface area contributed by atoms with Crippen LogP contribution in [-0.4, -0.2) is 47.4 Å². The van der Waals surface area contributed by atoms with Crippen molar-refractivity contribution in [1.29, 1.82) is 0 Å². The normalized spacial score (nSPS) is 11.1. The van der Waals surface area contributed by atoms with Crippen LogP contribution in [0, 0.1) is 0 Å². The molecule has 4 rings (SSSR count). The maximum atomic E-state index is 13.2. The Morgan fingerprint density at radius 1 is 0.763 bits per heavy atom.